The highest BCUT2D eigenvalue weighted by molar-refractivity contribution is 7.85. The number of nitrogens with zero attached hydrogens (tertiary/aromatic N) is 1. The van der Waals surface area contributed by atoms with Gasteiger partial charge in [0, 0.05) is 17.1 Å². The number of ether oxygens (including phenoxy) is 2. The summed E-state index contributed by atoms with van der Waals surface area (Å²) in [5, 5.41) is 16.5. The van der Waals surface area contributed by atoms with Crippen LogP contribution in [-0.4, -0.2) is 63.0 Å². The molecule has 0 spiro atoms. The molecule has 0 amide bonds. The summed E-state index contributed by atoms with van der Waals surface area (Å²) in [6.45, 7) is 0.538. The number of fused-ring (bicyclic) bond motifs is 1. The van der Waals surface area contributed by atoms with Crippen molar-refractivity contribution in [3.05, 3.63) is 0 Å². The Kier molecular flexibility index (Phi) is 3.36. The van der Waals surface area contributed by atoms with E-state index in [0.717, 1.165) is 0 Å². The van der Waals surface area contributed by atoms with Gasteiger partial charge in [0.15, 0.2) is 0 Å². The molecule has 2 heterocycles. The van der Waals surface area contributed by atoms with E-state index in [9.17, 15) is 4.21 Å². The summed E-state index contributed by atoms with van der Waals surface area (Å²) >= 11 is 0. The van der Waals surface area contributed by atoms with Crippen LogP contribution in [0.1, 0.15) is 0 Å². The van der Waals surface area contributed by atoms with Crippen LogP contribution in [0.4, 0.5) is 0 Å². The fourth-order valence-corrected chi connectivity index (χ4v) is 2.81. The van der Waals surface area contributed by atoms with Crippen LogP contribution in [0, 0.1) is 0 Å². The quantitative estimate of drug-likeness (QED) is 0.605. The van der Waals surface area contributed by atoms with Gasteiger partial charge in [-0.2, -0.15) is 0 Å². The largest absolute Gasteiger partial charge is 0.371 e. The topological polar surface area (TPSA) is 88.5 Å². The number of rotatable bonds is 3. The fourth-order valence-electron chi connectivity index (χ4n) is 1.93. The third kappa shape index (κ3) is 2.21. The van der Waals surface area contributed by atoms with Crippen molar-refractivity contribution in [2.24, 2.45) is 0 Å². The molecule has 0 saturated carbocycles. The molecule has 0 aromatic heterocycles. The average molecular weight is 239 g/mol. The lowest BCUT2D eigenvalue weighted by molar-refractivity contribution is -0.507. The first-order chi connectivity index (χ1) is 7.09. The molecule has 2 aliphatic rings. The van der Waals surface area contributed by atoms with E-state index in [4.69, 9.17) is 19.9 Å². The van der Waals surface area contributed by atoms with Crippen molar-refractivity contribution in [2.75, 3.05) is 19.5 Å². The molecule has 88 valence electrons. The molecule has 2 rings (SSSR count). The van der Waals surface area contributed by atoms with E-state index in [0.29, 0.717) is 6.61 Å². The summed E-state index contributed by atoms with van der Waals surface area (Å²) in [7, 11) is -1.02. The molecular formula is C7H13NO6S. The minimum atomic E-state index is -1.02. The predicted octanol–water partition coefficient (Wildman–Crippen LogP) is -1.09. The van der Waals surface area contributed by atoms with Crippen LogP contribution in [0.15, 0.2) is 0 Å². The highest BCUT2D eigenvalue weighted by Crippen LogP contribution is 2.31. The van der Waals surface area contributed by atoms with E-state index in [2.05, 4.69) is 4.84 Å². The summed E-state index contributed by atoms with van der Waals surface area (Å²) in [6.07, 6.45) is 0.346. The highest BCUT2D eigenvalue weighted by atomic mass is 32.2. The number of hydrogen-bond acceptors (Lipinski definition) is 7. The zero-order valence-corrected chi connectivity index (χ0v) is 8.92. The molecule has 2 N–H and O–H groups in total. The van der Waals surface area contributed by atoms with Gasteiger partial charge in [-0.25, -0.2) is 4.84 Å². The van der Waals surface area contributed by atoms with Gasteiger partial charge >= 0.3 is 0 Å². The molecule has 0 aromatic rings. The van der Waals surface area contributed by atoms with Crippen molar-refractivity contribution in [1.82, 2.24) is 5.39 Å². The monoisotopic (exact) mass is 239 g/mol. The summed E-state index contributed by atoms with van der Waals surface area (Å²) in [5.74, 6) is 0. The van der Waals surface area contributed by atoms with Crippen LogP contribution in [0.2, 0.25) is 0 Å². The van der Waals surface area contributed by atoms with Gasteiger partial charge in [0.1, 0.15) is 18.3 Å². The number of hydrogen-bond donors (Lipinski definition) is 2. The molecule has 0 aromatic carbocycles. The van der Waals surface area contributed by atoms with Crippen LogP contribution >= 0.6 is 0 Å². The van der Waals surface area contributed by atoms with Crippen molar-refractivity contribution < 1.29 is 28.9 Å². The van der Waals surface area contributed by atoms with Crippen molar-refractivity contribution in [2.45, 2.75) is 23.6 Å². The molecule has 2 saturated heterocycles. The molecule has 2 fully saturated rings. The summed E-state index contributed by atoms with van der Waals surface area (Å²) < 4.78 is 22.1. The second-order valence-electron chi connectivity index (χ2n) is 3.53. The Hall–Kier alpha value is -0.0900. The van der Waals surface area contributed by atoms with Crippen molar-refractivity contribution >= 4 is 10.8 Å². The van der Waals surface area contributed by atoms with Crippen molar-refractivity contribution in [1.29, 1.82) is 0 Å². The lowest BCUT2D eigenvalue weighted by Crippen LogP contribution is -2.37. The predicted molar refractivity (Wildman–Crippen MR) is 47.6 cm³/mol. The molecule has 0 unspecified atom stereocenters. The third-order valence-electron chi connectivity index (χ3n) is 2.62. The molecule has 0 bridgehead atoms. The SMILES string of the molecule is C[S@@](=O)[C@H]1CO[C@H]2[C@@H]1OC[C@H]2ON(O)O. The molecule has 0 radical (unpaired) electrons. The highest BCUT2D eigenvalue weighted by Gasteiger charge is 2.50. The van der Waals surface area contributed by atoms with Crippen LogP contribution in [0.5, 0.6) is 0 Å². The van der Waals surface area contributed by atoms with Gasteiger partial charge in [-0.15, -0.1) is 0 Å². The molecule has 7 nitrogen and oxygen atoms in total. The minimum Gasteiger partial charge on any atom is -0.371 e. The molecule has 8 heteroatoms. The molecule has 2 aliphatic heterocycles. The maximum absolute atomic E-state index is 11.3. The first-order valence-electron chi connectivity index (χ1n) is 4.49. The first-order valence-corrected chi connectivity index (χ1v) is 6.12. The van der Waals surface area contributed by atoms with Crippen LogP contribution in [0.25, 0.3) is 0 Å². The molecular weight excluding hydrogens is 226 g/mol. The normalized spacial score (nSPS) is 42.1. The standard InChI is InChI=1S/C7H13NO6S/c1-15(11)5-3-13-6-4(14-8(9)10)2-12-7(5)6/h4-7,9-10H,2-3H2,1H3/t4-,5+,6-,7-,15-/m1/s1. The smallest absolute Gasteiger partial charge is 0.136 e. The third-order valence-corrected chi connectivity index (χ3v) is 3.88. The van der Waals surface area contributed by atoms with Crippen molar-refractivity contribution in [3.8, 4) is 0 Å². The Morgan fingerprint density at radius 3 is 2.60 bits per heavy atom. The summed E-state index contributed by atoms with van der Waals surface area (Å²) in [6, 6.07) is 0. The average Bonchev–Trinajstić information content (AvgIpc) is 2.66. The molecule has 15 heavy (non-hydrogen) atoms. The van der Waals surface area contributed by atoms with Crippen LogP contribution < -0.4 is 0 Å². The maximum Gasteiger partial charge on any atom is 0.136 e. The zero-order valence-electron chi connectivity index (χ0n) is 8.11. The van der Waals surface area contributed by atoms with E-state index in [1.165, 1.54) is 0 Å². The fraction of sp³-hybridized carbons (Fsp3) is 1.00. The summed E-state index contributed by atoms with van der Waals surface area (Å²) in [4.78, 5) is 4.65. The van der Waals surface area contributed by atoms with Gasteiger partial charge in [0.2, 0.25) is 0 Å². The Morgan fingerprint density at radius 1 is 1.33 bits per heavy atom. The summed E-state index contributed by atoms with van der Waals surface area (Å²) in [5.41, 5.74) is 0. The molecule has 5 atom stereocenters. The van der Waals surface area contributed by atoms with Gasteiger partial charge in [0.25, 0.3) is 0 Å². The van der Waals surface area contributed by atoms with Gasteiger partial charge in [-0.3, -0.25) is 14.6 Å². The van der Waals surface area contributed by atoms with E-state index in [1.807, 2.05) is 0 Å². The second kappa shape index (κ2) is 4.42. The zero-order chi connectivity index (χ0) is 11.0. The Labute approximate surface area is 88.8 Å². The van der Waals surface area contributed by atoms with Crippen LogP contribution in [-0.2, 0) is 25.1 Å². The van der Waals surface area contributed by atoms with E-state index in [-0.39, 0.29) is 29.5 Å². The maximum atomic E-state index is 11.3. The lowest BCUT2D eigenvalue weighted by Gasteiger charge is -2.17. The van der Waals surface area contributed by atoms with E-state index in [1.54, 1.807) is 6.26 Å². The molecule has 0 aliphatic carbocycles. The van der Waals surface area contributed by atoms with E-state index >= 15 is 0 Å². The first kappa shape index (κ1) is 11.4. The Balaban J connectivity index is 1.99. The lowest BCUT2D eigenvalue weighted by atomic mass is 10.1. The van der Waals surface area contributed by atoms with Gasteiger partial charge in [-0.05, 0) is 0 Å². The Bertz CT molecular complexity index is 262. The van der Waals surface area contributed by atoms with Crippen LogP contribution in [0.3, 0.4) is 0 Å². The minimum absolute atomic E-state index is 0.172. The van der Waals surface area contributed by atoms with Crippen molar-refractivity contribution in [3.63, 3.8) is 0 Å². The van der Waals surface area contributed by atoms with E-state index < -0.39 is 16.9 Å². The second-order valence-corrected chi connectivity index (χ2v) is 5.13. The Morgan fingerprint density at radius 2 is 2.00 bits per heavy atom. The van der Waals surface area contributed by atoms with Gasteiger partial charge < -0.3 is 9.47 Å². The van der Waals surface area contributed by atoms with Gasteiger partial charge in [0.05, 0.1) is 23.9 Å². The van der Waals surface area contributed by atoms with Gasteiger partial charge in [-0.1, -0.05) is 0 Å².